The lowest BCUT2D eigenvalue weighted by molar-refractivity contribution is -0.111. The molecular formula is C29H22N2O4. The van der Waals surface area contributed by atoms with Gasteiger partial charge in [-0.25, -0.2) is 4.99 Å². The van der Waals surface area contributed by atoms with E-state index in [9.17, 15) is 20.1 Å². The zero-order valence-electron chi connectivity index (χ0n) is 18.9. The van der Waals surface area contributed by atoms with Gasteiger partial charge >= 0.3 is 0 Å². The minimum absolute atomic E-state index is 0.00800. The first-order chi connectivity index (χ1) is 16.9. The number of Topliss-reactive ketones (excluding diaryl/α,β-unsaturated/α-hetero) is 1. The summed E-state index contributed by atoms with van der Waals surface area (Å²) in [5.74, 6) is -1.01. The van der Waals surface area contributed by atoms with Gasteiger partial charge in [0.25, 0.3) is 0 Å². The number of phenolic OH excluding ortho intramolecular Hbond substituents is 1. The van der Waals surface area contributed by atoms with E-state index in [-0.39, 0.29) is 39.6 Å². The van der Waals surface area contributed by atoms with Crippen molar-refractivity contribution in [2.24, 2.45) is 4.99 Å². The van der Waals surface area contributed by atoms with Gasteiger partial charge in [0, 0.05) is 41.7 Å². The number of aliphatic hydroxyl groups excluding tert-OH is 2. The van der Waals surface area contributed by atoms with E-state index >= 15 is 0 Å². The van der Waals surface area contributed by atoms with E-state index in [1.54, 1.807) is 30.4 Å². The fraction of sp³-hybridized carbons (Fsp3) is 0.0345. The average molecular weight is 463 g/mol. The van der Waals surface area contributed by atoms with Gasteiger partial charge in [-0.1, -0.05) is 36.4 Å². The number of hydrogen-bond donors (Lipinski definition) is 3. The van der Waals surface area contributed by atoms with Gasteiger partial charge < -0.3 is 20.2 Å². The summed E-state index contributed by atoms with van der Waals surface area (Å²) in [6, 6.07) is 23.9. The molecule has 0 unspecified atom stereocenters. The molecule has 0 aromatic heterocycles. The fourth-order valence-electron chi connectivity index (χ4n) is 4.10. The largest absolute Gasteiger partial charge is 0.507 e. The third kappa shape index (κ3) is 4.02. The fourth-order valence-corrected chi connectivity index (χ4v) is 4.10. The molecule has 0 heterocycles. The monoisotopic (exact) mass is 462 g/mol. The smallest absolute Gasteiger partial charge is 0.202 e. The number of benzene rings is 3. The number of phenols is 1. The predicted molar refractivity (Wildman–Crippen MR) is 138 cm³/mol. The van der Waals surface area contributed by atoms with Crippen LogP contribution in [0.25, 0.3) is 5.57 Å². The second-order valence-electron chi connectivity index (χ2n) is 8.17. The quantitative estimate of drug-likeness (QED) is 0.408. The van der Waals surface area contributed by atoms with Gasteiger partial charge in [0.15, 0.2) is 0 Å². The Morgan fingerprint density at radius 2 is 1.46 bits per heavy atom. The number of carbonyl (C=O) groups is 1. The van der Waals surface area contributed by atoms with Crippen molar-refractivity contribution < 1.29 is 20.1 Å². The first-order valence-electron chi connectivity index (χ1n) is 11.0. The van der Waals surface area contributed by atoms with Crippen LogP contribution in [-0.2, 0) is 4.79 Å². The molecule has 0 atom stereocenters. The van der Waals surface area contributed by atoms with Crippen LogP contribution in [0.15, 0.2) is 125 Å². The van der Waals surface area contributed by atoms with Crippen molar-refractivity contribution in [1.29, 1.82) is 0 Å². The lowest BCUT2D eigenvalue weighted by Gasteiger charge is -2.26. The van der Waals surface area contributed by atoms with Crippen LogP contribution in [-0.4, -0.2) is 33.9 Å². The maximum Gasteiger partial charge on any atom is 0.202 e. The molecule has 6 heteroatoms. The number of hydrogen-bond acceptors (Lipinski definition) is 6. The predicted octanol–water partition coefficient (Wildman–Crippen LogP) is 6.09. The van der Waals surface area contributed by atoms with Gasteiger partial charge in [0.1, 0.15) is 17.3 Å². The number of nitrogens with zero attached hydrogens (tertiary/aromatic N) is 2. The Hall–Kier alpha value is -4.84. The van der Waals surface area contributed by atoms with E-state index in [1.807, 2.05) is 72.6 Å². The topological polar surface area (TPSA) is 93.4 Å². The number of aromatic hydroxyl groups is 1. The Morgan fingerprint density at radius 3 is 2.09 bits per heavy atom. The number of allylic oxidation sites excluding steroid dienone is 5. The molecule has 3 aromatic rings. The molecule has 2 aliphatic carbocycles. The second-order valence-corrected chi connectivity index (χ2v) is 8.17. The van der Waals surface area contributed by atoms with Crippen molar-refractivity contribution in [1.82, 2.24) is 0 Å². The molecule has 3 aromatic carbocycles. The summed E-state index contributed by atoms with van der Waals surface area (Å²) in [6.07, 6.45) is 4.66. The zero-order chi connectivity index (χ0) is 24.5. The third-order valence-electron chi connectivity index (χ3n) is 5.97. The molecule has 0 bridgehead atoms. The van der Waals surface area contributed by atoms with Crippen LogP contribution in [0.5, 0.6) is 5.75 Å². The normalized spacial score (nSPS) is 18.5. The lowest BCUT2D eigenvalue weighted by Crippen LogP contribution is -2.24. The molecule has 172 valence electrons. The summed E-state index contributed by atoms with van der Waals surface area (Å²) in [5, 5.41) is 31.9. The van der Waals surface area contributed by atoms with Gasteiger partial charge in [-0.2, -0.15) is 0 Å². The Morgan fingerprint density at radius 1 is 0.771 bits per heavy atom. The molecule has 0 spiro atoms. The van der Waals surface area contributed by atoms with Crippen LogP contribution in [0, 0.1) is 0 Å². The van der Waals surface area contributed by atoms with Crippen molar-refractivity contribution in [2.45, 2.75) is 0 Å². The highest BCUT2D eigenvalue weighted by Crippen LogP contribution is 2.43. The molecule has 0 saturated heterocycles. The molecule has 0 saturated carbocycles. The maximum absolute atomic E-state index is 13.0. The standard InChI is InChI=1S/C29H22N2O4/c1-31(20-10-6-3-7-11-20)21-13-15-23(25(33)17-21)27-28(34)26(29(27)35)22-14-12-19(16-24(22)32)30-18-8-4-2-5-9-18/h2-17,32-34H,1H3/b26-22+,30-19-. The van der Waals surface area contributed by atoms with Gasteiger partial charge in [-0.15, -0.1) is 0 Å². The Balaban J connectivity index is 1.44. The number of carbonyl (C=O) groups excluding carboxylic acids is 1. The van der Waals surface area contributed by atoms with Crippen LogP contribution in [0.4, 0.5) is 17.1 Å². The number of para-hydroxylation sites is 2. The molecule has 0 fully saturated rings. The summed E-state index contributed by atoms with van der Waals surface area (Å²) >= 11 is 0. The van der Waals surface area contributed by atoms with Crippen LogP contribution < -0.4 is 4.90 Å². The molecule has 0 amide bonds. The van der Waals surface area contributed by atoms with Crippen molar-refractivity contribution in [3.05, 3.63) is 125 Å². The Bertz CT molecular complexity index is 1480. The summed E-state index contributed by atoms with van der Waals surface area (Å²) in [4.78, 5) is 19.3. The summed E-state index contributed by atoms with van der Waals surface area (Å²) in [5.41, 5.74) is 3.38. The molecule has 0 radical (unpaired) electrons. The Labute approximate surface area is 202 Å². The molecule has 5 rings (SSSR count). The van der Waals surface area contributed by atoms with Crippen molar-refractivity contribution in [3.63, 3.8) is 0 Å². The summed E-state index contributed by atoms with van der Waals surface area (Å²) in [7, 11) is 1.87. The zero-order valence-corrected chi connectivity index (χ0v) is 18.9. The van der Waals surface area contributed by atoms with Crippen LogP contribution in [0.3, 0.4) is 0 Å². The molecule has 0 aliphatic heterocycles. The van der Waals surface area contributed by atoms with Gasteiger partial charge in [-0.3, -0.25) is 4.79 Å². The average Bonchev–Trinajstić information content (AvgIpc) is 2.87. The van der Waals surface area contributed by atoms with E-state index in [0.29, 0.717) is 5.71 Å². The van der Waals surface area contributed by atoms with Crippen molar-refractivity contribution >= 4 is 34.1 Å². The van der Waals surface area contributed by atoms with Gasteiger partial charge in [0.05, 0.1) is 22.5 Å². The molecule has 3 N–H and O–H groups in total. The second kappa shape index (κ2) is 8.83. The van der Waals surface area contributed by atoms with E-state index in [4.69, 9.17) is 0 Å². The maximum atomic E-state index is 13.0. The van der Waals surface area contributed by atoms with Gasteiger partial charge in [0.2, 0.25) is 5.78 Å². The Kier molecular flexibility index (Phi) is 5.55. The van der Waals surface area contributed by atoms with E-state index in [0.717, 1.165) is 17.1 Å². The highest BCUT2D eigenvalue weighted by Gasteiger charge is 2.39. The molecular weight excluding hydrogens is 440 g/mol. The van der Waals surface area contributed by atoms with E-state index in [1.165, 1.54) is 6.08 Å². The number of aliphatic imine (C=N–C) groups is 1. The minimum Gasteiger partial charge on any atom is -0.507 e. The minimum atomic E-state index is -0.454. The third-order valence-corrected chi connectivity index (χ3v) is 5.97. The summed E-state index contributed by atoms with van der Waals surface area (Å²) < 4.78 is 0. The highest BCUT2D eigenvalue weighted by molar-refractivity contribution is 6.40. The first kappa shape index (κ1) is 22.0. The van der Waals surface area contributed by atoms with Crippen LogP contribution in [0.1, 0.15) is 5.56 Å². The number of ketones is 1. The lowest BCUT2D eigenvalue weighted by atomic mass is 9.79. The first-order valence-corrected chi connectivity index (χ1v) is 11.0. The van der Waals surface area contributed by atoms with Crippen molar-refractivity contribution in [2.75, 3.05) is 11.9 Å². The SMILES string of the molecule is CN(c1ccccc1)c1ccc(C2=C(O)/C(=C3C=C/C(=N/c4ccccc4)C=C/3O)C2=O)c(O)c1. The van der Waals surface area contributed by atoms with Crippen LogP contribution in [0.2, 0.25) is 0 Å². The van der Waals surface area contributed by atoms with Crippen molar-refractivity contribution in [3.8, 4) is 5.75 Å². The molecule has 6 nitrogen and oxygen atoms in total. The molecule has 35 heavy (non-hydrogen) atoms. The van der Waals surface area contributed by atoms with E-state index in [2.05, 4.69) is 4.99 Å². The summed E-state index contributed by atoms with van der Waals surface area (Å²) in [6.45, 7) is 0. The van der Waals surface area contributed by atoms with Gasteiger partial charge in [-0.05, 0) is 48.6 Å². The number of rotatable bonds is 4. The number of aliphatic hydroxyl groups is 2. The highest BCUT2D eigenvalue weighted by atomic mass is 16.3. The number of anilines is 2. The van der Waals surface area contributed by atoms with E-state index < -0.39 is 5.78 Å². The van der Waals surface area contributed by atoms with Crippen LogP contribution >= 0.6 is 0 Å². The molecule has 2 aliphatic rings.